The highest BCUT2D eigenvalue weighted by Crippen LogP contribution is 2.16. The summed E-state index contributed by atoms with van der Waals surface area (Å²) in [4.78, 5) is 9.16. The molecule has 3 aromatic rings. The molecule has 0 bridgehead atoms. The maximum Gasteiger partial charge on any atom is 0.123 e. The first-order valence-corrected chi connectivity index (χ1v) is 8.12. The first-order valence-electron chi connectivity index (χ1n) is 8.12. The molecule has 0 aliphatic carbocycles. The van der Waals surface area contributed by atoms with Gasteiger partial charge in [-0.15, -0.1) is 0 Å². The van der Waals surface area contributed by atoms with Crippen LogP contribution in [0.15, 0.2) is 48.8 Å². The van der Waals surface area contributed by atoms with E-state index < -0.39 is 0 Å². The van der Waals surface area contributed by atoms with E-state index >= 15 is 0 Å². The summed E-state index contributed by atoms with van der Waals surface area (Å²) in [6, 6.07) is 12.5. The maximum absolute atomic E-state index is 4.71. The van der Waals surface area contributed by atoms with Crippen molar-refractivity contribution >= 4 is 10.9 Å². The Bertz CT molecular complexity index is 783. The Kier molecular flexibility index (Phi) is 4.44. The van der Waals surface area contributed by atoms with Crippen LogP contribution in [-0.2, 0) is 18.5 Å². The molecule has 0 atom stereocenters. The van der Waals surface area contributed by atoms with E-state index in [-0.39, 0.29) is 5.54 Å². The van der Waals surface area contributed by atoms with E-state index in [1.165, 1.54) is 5.39 Å². The first kappa shape index (κ1) is 15.7. The second-order valence-electron chi connectivity index (χ2n) is 6.81. The Morgan fingerprint density at radius 3 is 2.74 bits per heavy atom. The van der Waals surface area contributed by atoms with Crippen LogP contribution in [-0.4, -0.2) is 21.1 Å². The molecular weight excluding hydrogens is 284 g/mol. The van der Waals surface area contributed by atoms with Crippen LogP contribution in [0.1, 0.15) is 32.3 Å². The highest BCUT2D eigenvalue weighted by atomic mass is 15.1. The van der Waals surface area contributed by atoms with Crippen LogP contribution in [0.4, 0.5) is 0 Å². The molecule has 1 aromatic carbocycles. The summed E-state index contributed by atoms with van der Waals surface area (Å²) in [7, 11) is 0. The summed E-state index contributed by atoms with van der Waals surface area (Å²) in [5.41, 5.74) is 2.25. The molecule has 2 heterocycles. The van der Waals surface area contributed by atoms with Crippen LogP contribution in [0.3, 0.4) is 0 Å². The number of pyridine rings is 1. The first-order chi connectivity index (χ1) is 11.0. The van der Waals surface area contributed by atoms with Crippen LogP contribution in [0, 0.1) is 0 Å². The molecule has 0 aliphatic heterocycles. The van der Waals surface area contributed by atoms with E-state index in [1.54, 1.807) is 0 Å². The number of nitrogens with zero attached hydrogens (tertiary/aromatic N) is 3. The maximum atomic E-state index is 4.71. The molecule has 0 aliphatic rings. The number of nitrogens with one attached hydrogen (secondary N) is 1. The predicted molar refractivity (Wildman–Crippen MR) is 94.4 cm³/mol. The van der Waals surface area contributed by atoms with Crippen molar-refractivity contribution in [1.82, 2.24) is 19.9 Å². The topological polar surface area (TPSA) is 42.7 Å². The smallest absolute Gasteiger partial charge is 0.123 e. The lowest BCUT2D eigenvalue weighted by molar-refractivity contribution is 0.377. The van der Waals surface area contributed by atoms with Crippen LogP contribution >= 0.6 is 0 Å². The van der Waals surface area contributed by atoms with Crippen LogP contribution in [0.2, 0.25) is 0 Å². The molecular formula is C19H24N4. The van der Waals surface area contributed by atoms with Crippen molar-refractivity contribution in [3.8, 4) is 0 Å². The Morgan fingerprint density at radius 2 is 1.91 bits per heavy atom. The van der Waals surface area contributed by atoms with Crippen molar-refractivity contribution in [2.24, 2.45) is 0 Å². The number of benzene rings is 1. The molecule has 3 rings (SSSR count). The molecule has 0 saturated carbocycles. The van der Waals surface area contributed by atoms with Crippen LogP contribution in [0.25, 0.3) is 10.9 Å². The van der Waals surface area contributed by atoms with Gasteiger partial charge < -0.3 is 9.88 Å². The lowest BCUT2D eigenvalue weighted by atomic mass is 10.1. The highest BCUT2D eigenvalue weighted by molar-refractivity contribution is 5.78. The fourth-order valence-corrected chi connectivity index (χ4v) is 2.74. The third-order valence-electron chi connectivity index (χ3n) is 3.94. The number of imidazole rings is 1. The number of rotatable bonds is 5. The number of aromatic nitrogens is 3. The van der Waals surface area contributed by atoms with E-state index in [1.807, 2.05) is 24.5 Å². The molecule has 0 amide bonds. The second kappa shape index (κ2) is 6.50. The molecule has 1 N–H and O–H groups in total. The van der Waals surface area contributed by atoms with Gasteiger partial charge in [-0.25, -0.2) is 4.98 Å². The van der Waals surface area contributed by atoms with Gasteiger partial charge in [0.1, 0.15) is 5.82 Å². The van der Waals surface area contributed by atoms with E-state index in [0.29, 0.717) is 0 Å². The Balaban J connectivity index is 1.56. The largest absolute Gasteiger partial charge is 0.329 e. The van der Waals surface area contributed by atoms with Crippen molar-refractivity contribution in [2.75, 3.05) is 6.54 Å². The van der Waals surface area contributed by atoms with E-state index in [4.69, 9.17) is 4.98 Å². The molecule has 0 spiro atoms. The van der Waals surface area contributed by atoms with Gasteiger partial charge in [0, 0.05) is 42.0 Å². The third kappa shape index (κ3) is 3.77. The van der Waals surface area contributed by atoms with Crippen molar-refractivity contribution in [3.63, 3.8) is 0 Å². The predicted octanol–water partition coefficient (Wildman–Crippen LogP) is 3.52. The number of fused-ring (bicyclic) bond motifs is 1. The van der Waals surface area contributed by atoms with Crippen molar-refractivity contribution in [2.45, 2.75) is 39.3 Å². The quantitative estimate of drug-likeness (QED) is 0.733. The van der Waals surface area contributed by atoms with Gasteiger partial charge >= 0.3 is 0 Å². The molecule has 0 fully saturated rings. The van der Waals surface area contributed by atoms with Gasteiger partial charge in [-0.2, -0.15) is 0 Å². The van der Waals surface area contributed by atoms with Gasteiger partial charge in [-0.05, 0) is 32.9 Å². The van der Waals surface area contributed by atoms with Gasteiger partial charge in [0.25, 0.3) is 0 Å². The molecule has 0 radical (unpaired) electrons. The average molecular weight is 308 g/mol. The molecule has 4 nitrogen and oxygen atoms in total. The molecule has 0 saturated heterocycles. The van der Waals surface area contributed by atoms with E-state index in [0.717, 1.165) is 36.5 Å². The minimum absolute atomic E-state index is 0.0629. The molecule has 4 heteroatoms. The number of para-hydroxylation sites is 1. The third-order valence-corrected chi connectivity index (χ3v) is 3.94. The zero-order valence-corrected chi connectivity index (χ0v) is 14.1. The standard InChI is InChI=1S/C19H24N4/c1-19(2,3)23-13-12-21-18(23)14-20-11-10-16-9-8-15-6-4-5-7-17(15)22-16/h4-9,12-13,20H,10-11,14H2,1-3H3. The Morgan fingerprint density at radius 1 is 1.09 bits per heavy atom. The van der Waals surface area contributed by atoms with Crippen molar-refractivity contribution in [1.29, 1.82) is 0 Å². The fourth-order valence-electron chi connectivity index (χ4n) is 2.74. The van der Waals surface area contributed by atoms with Gasteiger partial charge in [-0.3, -0.25) is 4.98 Å². The van der Waals surface area contributed by atoms with Crippen molar-refractivity contribution in [3.05, 3.63) is 60.3 Å². The lowest BCUT2D eigenvalue weighted by Gasteiger charge is -2.23. The lowest BCUT2D eigenvalue weighted by Crippen LogP contribution is -2.27. The van der Waals surface area contributed by atoms with E-state index in [2.05, 4.69) is 59.9 Å². The minimum Gasteiger partial charge on any atom is -0.329 e. The summed E-state index contributed by atoms with van der Waals surface area (Å²) in [6.07, 6.45) is 4.83. The summed E-state index contributed by atoms with van der Waals surface area (Å²) < 4.78 is 2.22. The fraction of sp³-hybridized carbons (Fsp3) is 0.368. The second-order valence-corrected chi connectivity index (χ2v) is 6.81. The highest BCUT2D eigenvalue weighted by Gasteiger charge is 2.15. The zero-order chi connectivity index (χ0) is 16.3. The average Bonchev–Trinajstić information content (AvgIpc) is 3.00. The normalized spacial score (nSPS) is 12.0. The van der Waals surface area contributed by atoms with E-state index in [9.17, 15) is 0 Å². The Hall–Kier alpha value is -2.20. The molecule has 23 heavy (non-hydrogen) atoms. The zero-order valence-electron chi connectivity index (χ0n) is 14.1. The summed E-state index contributed by atoms with van der Waals surface area (Å²) >= 11 is 0. The molecule has 0 unspecified atom stereocenters. The molecule has 2 aromatic heterocycles. The van der Waals surface area contributed by atoms with Gasteiger partial charge in [0.05, 0.1) is 12.1 Å². The van der Waals surface area contributed by atoms with Crippen LogP contribution < -0.4 is 5.32 Å². The van der Waals surface area contributed by atoms with Crippen LogP contribution in [0.5, 0.6) is 0 Å². The summed E-state index contributed by atoms with van der Waals surface area (Å²) in [5, 5.41) is 4.66. The summed E-state index contributed by atoms with van der Waals surface area (Å²) in [6.45, 7) is 8.24. The summed E-state index contributed by atoms with van der Waals surface area (Å²) in [5.74, 6) is 1.07. The number of hydrogen-bond donors (Lipinski definition) is 1. The minimum atomic E-state index is 0.0629. The Labute approximate surface area is 137 Å². The monoisotopic (exact) mass is 308 g/mol. The SMILES string of the molecule is CC(C)(C)n1ccnc1CNCCc1ccc2ccccc2n1. The van der Waals surface area contributed by atoms with Gasteiger partial charge in [-0.1, -0.05) is 24.3 Å². The van der Waals surface area contributed by atoms with Crippen molar-refractivity contribution < 1.29 is 0 Å². The van der Waals surface area contributed by atoms with Gasteiger partial charge in [0.2, 0.25) is 0 Å². The van der Waals surface area contributed by atoms with Gasteiger partial charge in [0.15, 0.2) is 0 Å². The molecule has 120 valence electrons. The number of hydrogen-bond acceptors (Lipinski definition) is 3.